The van der Waals surface area contributed by atoms with E-state index in [0.29, 0.717) is 12.8 Å². The van der Waals surface area contributed by atoms with E-state index in [1.165, 1.54) is 0 Å². The van der Waals surface area contributed by atoms with Crippen LogP contribution in [-0.4, -0.2) is 69.2 Å². The van der Waals surface area contributed by atoms with E-state index in [2.05, 4.69) is 13.2 Å². The summed E-state index contributed by atoms with van der Waals surface area (Å²) >= 11 is 0. The molecule has 0 saturated carbocycles. The Balaban J connectivity index is -0.000000133. The van der Waals surface area contributed by atoms with Crippen LogP contribution in [0, 0.1) is 0 Å². The summed E-state index contributed by atoms with van der Waals surface area (Å²) in [7, 11) is 3.68. The smallest absolute Gasteiger partial charge is 1.00 e. The largest absolute Gasteiger partial charge is 1.00 e. The van der Waals surface area contributed by atoms with Crippen LogP contribution in [0.1, 0.15) is 40.0 Å². The van der Waals surface area contributed by atoms with Crippen LogP contribution in [0.2, 0.25) is 12.1 Å². The molecule has 0 aliphatic heterocycles. The summed E-state index contributed by atoms with van der Waals surface area (Å²) < 4.78 is 20.5. The Labute approximate surface area is 213 Å². The van der Waals surface area contributed by atoms with Gasteiger partial charge in [0.15, 0.2) is 0 Å². The van der Waals surface area contributed by atoms with E-state index in [1.54, 1.807) is 28.4 Å². The number of halogens is 1. The molecule has 0 atom stereocenters. The number of rotatable bonds is 16. The molecule has 12 heteroatoms. The van der Waals surface area contributed by atoms with Crippen LogP contribution in [0.5, 0.6) is 0 Å². The Bertz CT molecular complexity index is 439. The Morgan fingerprint density at radius 2 is 1.00 bits per heavy atom. The molecule has 0 bridgehead atoms. The third kappa shape index (κ3) is 22.7. The second-order valence-corrected chi connectivity index (χ2v) is 10.9. The van der Waals surface area contributed by atoms with Crippen molar-refractivity contribution in [1.29, 1.82) is 0 Å². The number of carbonyl (C=O) groups is 2. The van der Waals surface area contributed by atoms with Gasteiger partial charge in [-0.2, -0.15) is 0 Å². The van der Waals surface area contributed by atoms with Gasteiger partial charge in [0.1, 0.15) is 0 Å². The Morgan fingerprint density at radius 3 is 1.20 bits per heavy atom. The first kappa shape index (κ1) is 37.3. The van der Waals surface area contributed by atoms with Crippen molar-refractivity contribution in [2.75, 3.05) is 28.4 Å². The summed E-state index contributed by atoms with van der Waals surface area (Å²) in [6.45, 7) is 6.92. The van der Waals surface area contributed by atoms with Crippen molar-refractivity contribution in [3.63, 3.8) is 0 Å². The van der Waals surface area contributed by atoms with Gasteiger partial charge in [0.05, 0.1) is 0 Å². The van der Waals surface area contributed by atoms with E-state index < -0.39 is 30.5 Å². The number of carboxylic acid groups (broad SMARTS) is 2. The average Bonchev–Trinajstić information content (AvgIpc) is 2.68. The van der Waals surface area contributed by atoms with Crippen LogP contribution in [0.3, 0.4) is 0 Å². The summed E-state index contributed by atoms with van der Waals surface area (Å²) in [6, 6.07) is 1.83. The average molecular weight is 497 g/mol. The summed E-state index contributed by atoms with van der Waals surface area (Å²) in [5.41, 5.74) is 0.552. The molecule has 30 heavy (non-hydrogen) atoms. The molecule has 0 unspecified atom stereocenters. The number of hydrogen-bond acceptors (Lipinski definition) is 6. The second-order valence-electron chi connectivity index (χ2n) is 6.11. The third-order valence-electron chi connectivity index (χ3n) is 3.99. The molecule has 0 amide bonds. The molecule has 0 radical (unpaired) electrons. The molecule has 0 saturated heterocycles. The van der Waals surface area contributed by atoms with E-state index in [-0.39, 0.29) is 54.5 Å². The Hall–Kier alpha value is -0.0162. The first-order valence-corrected chi connectivity index (χ1v) is 12.7. The van der Waals surface area contributed by atoms with Gasteiger partial charge in [-0.25, -0.2) is 9.59 Å². The van der Waals surface area contributed by atoms with Crippen molar-refractivity contribution >= 4 is 42.9 Å². The maximum Gasteiger partial charge on any atom is 1.00 e. The zero-order valence-corrected chi connectivity index (χ0v) is 24.1. The Morgan fingerprint density at radius 1 is 0.733 bits per heavy atom. The van der Waals surface area contributed by atoms with Gasteiger partial charge in [-0.1, -0.05) is 26.0 Å². The third-order valence-corrected chi connectivity index (χ3v) is 7.86. The molecule has 8 nitrogen and oxygen atoms in total. The first-order chi connectivity index (χ1) is 13.2. The molecular weight excluding hydrogens is 459 g/mol. The number of unbranched alkanes of at least 4 members (excludes halogenated alkanes) is 2. The second kappa shape index (κ2) is 25.2. The molecule has 0 rings (SSSR count). The fraction of sp³-hybridized carbons (Fsp3) is 0.667. The topological polar surface area (TPSA) is 112 Å². The van der Waals surface area contributed by atoms with Crippen molar-refractivity contribution in [1.82, 2.24) is 0 Å². The molecule has 0 heterocycles. The minimum Gasteiger partial charge on any atom is -1.00 e. The molecule has 174 valence electrons. The maximum atomic E-state index is 10.4. The van der Waals surface area contributed by atoms with Crippen LogP contribution >= 0.6 is 12.4 Å². The van der Waals surface area contributed by atoms with Crippen LogP contribution in [0.25, 0.3) is 0 Å². The summed E-state index contributed by atoms with van der Waals surface area (Å²) in [5.74, 6) is -1.81. The molecule has 0 aliphatic rings. The van der Waals surface area contributed by atoms with E-state index >= 15 is 0 Å². The number of aliphatic carboxylic acids is 2. The quantitative estimate of drug-likeness (QED) is 0.176. The normalized spacial score (nSPS) is 9.80. The fourth-order valence-corrected chi connectivity index (χ4v) is 4.75. The summed E-state index contributed by atoms with van der Waals surface area (Å²) in [5, 5.41) is 17.1. The predicted molar refractivity (Wildman–Crippen MR) is 122 cm³/mol. The van der Waals surface area contributed by atoms with Crippen LogP contribution in [0.15, 0.2) is 24.3 Å². The molecule has 2 N–H and O–H groups in total. The molecule has 0 aromatic heterocycles. The maximum absolute atomic E-state index is 10.4. The van der Waals surface area contributed by atoms with Gasteiger partial charge in [0, 0.05) is 39.6 Å². The zero-order chi connectivity index (χ0) is 21.9. The molecule has 0 aromatic rings. The van der Waals surface area contributed by atoms with Crippen molar-refractivity contribution in [2.45, 2.75) is 50.6 Å². The number of carboxylic acids is 2. The first-order valence-electron chi connectivity index (χ1n) is 9.16. The molecule has 0 spiro atoms. The predicted octanol–water partition coefficient (Wildman–Crippen LogP) is 0.160. The molecular formula is C18H38ClNaO8Si2. The number of hydrogen-bond donors (Lipinski definition) is 2. The van der Waals surface area contributed by atoms with Crippen LogP contribution in [-0.2, 0) is 27.3 Å². The standard InChI is InChI=1S/2C9H18O4Si.ClH.Na.H/c2*1-8(9(10)11)6-4-5-7-14(12-2)13-3;;;/h2*14H,1,4-7H2,2-3H3,(H,10,11);1H;;/q;;;+1;-1. The van der Waals surface area contributed by atoms with Crippen molar-refractivity contribution in [2.24, 2.45) is 0 Å². The molecule has 0 aliphatic carbocycles. The van der Waals surface area contributed by atoms with Gasteiger partial charge in [-0.3, -0.25) is 0 Å². The van der Waals surface area contributed by atoms with Crippen molar-refractivity contribution in [3.8, 4) is 0 Å². The van der Waals surface area contributed by atoms with Gasteiger partial charge >= 0.3 is 60.1 Å². The minimum atomic E-state index is -1.46. The van der Waals surface area contributed by atoms with Gasteiger partial charge in [0.25, 0.3) is 0 Å². The van der Waals surface area contributed by atoms with E-state index in [4.69, 9.17) is 27.9 Å². The molecule has 0 fully saturated rings. The summed E-state index contributed by atoms with van der Waals surface area (Å²) in [6.07, 6.45) is 4.63. The SMILES string of the molecule is C=C(CCCC[SiH](OC)OC)C(=O)O.C=C(CCCC[SiH](OC)OC)C(=O)O.Cl.[H-].[Na+]. The van der Waals surface area contributed by atoms with Gasteiger partial charge in [0.2, 0.25) is 0 Å². The van der Waals surface area contributed by atoms with Gasteiger partial charge < -0.3 is 29.3 Å². The van der Waals surface area contributed by atoms with E-state index in [0.717, 1.165) is 37.8 Å². The van der Waals surface area contributed by atoms with Gasteiger partial charge in [-0.15, -0.1) is 12.4 Å². The molecule has 0 aromatic carbocycles. The van der Waals surface area contributed by atoms with E-state index in [1.807, 2.05) is 0 Å². The van der Waals surface area contributed by atoms with Gasteiger partial charge in [-0.05, 0) is 37.8 Å². The van der Waals surface area contributed by atoms with E-state index in [9.17, 15) is 9.59 Å². The van der Waals surface area contributed by atoms with Crippen LogP contribution < -0.4 is 29.6 Å². The van der Waals surface area contributed by atoms with Crippen molar-refractivity contribution < 1.29 is 68.5 Å². The Kier molecular flexibility index (Phi) is 31.4. The summed E-state index contributed by atoms with van der Waals surface area (Å²) in [4.78, 5) is 20.8. The monoisotopic (exact) mass is 496 g/mol. The fourth-order valence-electron chi connectivity index (χ4n) is 2.18. The minimum absolute atomic E-state index is 0. The van der Waals surface area contributed by atoms with Crippen LogP contribution in [0.4, 0.5) is 0 Å². The van der Waals surface area contributed by atoms with Crippen molar-refractivity contribution in [3.05, 3.63) is 24.3 Å². The zero-order valence-electron chi connectivity index (χ0n) is 20.0.